The lowest BCUT2D eigenvalue weighted by molar-refractivity contribution is -0.137. The summed E-state index contributed by atoms with van der Waals surface area (Å²) in [6.07, 6.45) is -1.64. The SMILES string of the molecule is C=NS(=O)(=O)c1cc(N=C(c2ccccc2)c2ccccc2)cnc1-c1cncc(C(F)(F)F)c1. The van der Waals surface area contributed by atoms with Crippen LogP contribution in [-0.2, 0) is 16.2 Å². The van der Waals surface area contributed by atoms with Crippen molar-refractivity contribution in [2.75, 3.05) is 0 Å². The molecule has 35 heavy (non-hydrogen) atoms. The summed E-state index contributed by atoms with van der Waals surface area (Å²) in [4.78, 5) is 11.9. The lowest BCUT2D eigenvalue weighted by atomic mass is 10.0. The van der Waals surface area contributed by atoms with E-state index in [0.717, 1.165) is 23.4 Å². The zero-order chi connectivity index (χ0) is 25.1. The van der Waals surface area contributed by atoms with Crippen molar-refractivity contribution in [3.63, 3.8) is 0 Å². The number of aromatic nitrogens is 2. The predicted octanol–water partition coefficient (Wildman–Crippen LogP) is 5.72. The zero-order valence-electron chi connectivity index (χ0n) is 18.0. The van der Waals surface area contributed by atoms with Crippen molar-refractivity contribution in [2.24, 2.45) is 9.39 Å². The summed E-state index contributed by atoms with van der Waals surface area (Å²) in [5.41, 5.74) is 0.853. The van der Waals surface area contributed by atoms with E-state index in [1.165, 1.54) is 12.3 Å². The fourth-order valence-electron chi connectivity index (χ4n) is 3.32. The van der Waals surface area contributed by atoms with Crippen LogP contribution in [0.3, 0.4) is 0 Å². The van der Waals surface area contributed by atoms with Crippen molar-refractivity contribution in [2.45, 2.75) is 11.1 Å². The number of hydrogen-bond acceptors (Lipinski definition) is 5. The Labute approximate surface area is 199 Å². The van der Waals surface area contributed by atoms with Crippen LogP contribution in [0, 0.1) is 0 Å². The number of benzene rings is 2. The molecule has 10 heteroatoms. The van der Waals surface area contributed by atoms with Crippen molar-refractivity contribution in [1.82, 2.24) is 9.97 Å². The Kier molecular flexibility index (Phi) is 6.57. The molecule has 0 fully saturated rings. The van der Waals surface area contributed by atoms with Crippen LogP contribution in [0.4, 0.5) is 18.9 Å². The third-order valence-electron chi connectivity index (χ3n) is 4.96. The smallest absolute Gasteiger partial charge is 0.263 e. The van der Waals surface area contributed by atoms with Crippen molar-refractivity contribution < 1.29 is 21.6 Å². The molecule has 4 aromatic rings. The quantitative estimate of drug-likeness (QED) is 0.321. The molecule has 6 nitrogen and oxygen atoms in total. The van der Waals surface area contributed by atoms with Crippen LogP contribution in [0.2, 0.25) is 0 Å². The number of halogens is 3. The number of sulfonamides is 1. The van der Waals surface area contributed by atoms with Gasteiger partial charge in [0.05, 0.1) is 28.9 Å². The molecule has 0 N–H and O–H groups in total. The van der Waals surface area contributed by atoms with Crippen molar-refractivity contribution >= 4 is 28.1 Å². The lowest BCUT2D eigenvalue weighted by Gasteiger charge is -2.12. The average molecular weight is 494 g/mol. The van der Waals surface area contributed by atoms with Gasteiger partial charge in [-0.05, 0) is 12.1 Å². The van der Waals surface area contributed by atoms with Crippen molar-refractivity contribution in [3.8, 4) is 11.3 Å². The number of aliphatic imine (C=N–C) groups is 1. The van der Waals surface area contributed by atoms with E-state index in [1.54, 1.807) is 0 Å². The maximum Gasteiger partial charge on any atom is 0.417 e. The lowest BCUT2D eigenvalue weighted by Crippen LogP contribution is -2.07. The summed E-state index contributed by atoms with van der Waals surface area (Å²) >= 11 is 0. The average Bonchev–Trinajstić information content (AvgIpc) is 2.88. The second-order valence-electron chi connectivity index (χ2n) is 7.30. The molecule has 0 aliphatic heterocycles. The second-order valence-corrected chi connectivity index (χ2v) is 8.95. The van der Waals surface area contributed by atoms with E-state index in [-0.39, 0.29) is 16.9 Å². The van der Waals surface area contributed by atoms with Gasteiger partial charge in [0, 0.05) is 35.8 Å². The molecule has 0 radical (unpaired) electrons. The standard InChI is InChI=1S/C25H17F3N4O2S/c1-29-35(33,34)22-13-21(16-31-24(22)19-12-20(15-30-14-19)25(26,27)28)32-23(17-8-4-2-5-9-17)18-10-6-3-7-11-18/h2-16H,1H2. The van der Waals surface area contributed by atoms with E-state index >= 15 is 0 Å². The highest BCUT2D eigenvalue weighted by atomic mass is 32.2. The molecule has 0 atom stereocenters. The third-order valence-corrected chi connectivity index (χ3v) is 6.17. The first-order valence-corrected chi connectivity index (χ1v) is 11.6. The Hall–Kier alpha value is -4.18. The van der Waals surface area contributed by atoms with E-state index < -0.39 is 26.7 Å². The zero-order valence-corrected chi connectivity index (χ0v) is 18.8. The summed E-state index contributed by atoms with van der Waals surface area (Å²) in [5, 5.41) is 0. The minimum Gasteiger partial charge on any atom is -0.263 e. The molecule has 0 spiro atoms. The molecule has 0 aliphatic rings. The van der Waals surface area contributed by atoms with E-state index in [4.69, 9.17) is 0 Å². The summed E-state index contributed by atoms with van der Waals surface area (Å²) < 4.78 is 68.1. The molecule has 2 heterocycles. The van der Waals surface area contributed by atoms with Gasteiger partial charge < -0.3 is 0 Å². The third kappa shape index (κ3) is 5.33. The van der Waals surface area contributed by atoms with Crippen LogP contribution in [-0.4, -0.2) is 30.8 Å². The Morgan fingerprint density at radius 3 is 2.00 bits per heavy atom. The molecule has 0 saturated heterocycles. The Morgan fingerprint density at radius 1 is 0.857 bits per heavy atom. The fraction of sp³-hybridized carbons (Fsp3) is 0.0400. The van der Waals surface area contributed by atoms with Crippen LogP contribution >= 0.6 is 0 Å². The van der Waals surface area contributed by atoms with Crippen LogP contribution in [0.15, 0.2) is 106 Å². The molecule has 0 bridgehead atoms. The first kappa shape index (κ1) is 24.0. The monoisotopic (exact) mass is 494 g/mol. The number of nitrogens with zero attached hydrogens (tertiary/aromatic N) is 4. The highest BCUT2D eigenvalue weighted by Crippen LogP contribution is 2.34. The minimum atomic E-state index is -4.66. The molecule has 2 aromatic carbocycles. The molecular weight excluding hydrogens is 477 g/mol. The van der Waals surface area contributed by atoms with Crippen LogP contribution < -0.4 is 0 Å². The van der Waals surface area contributed by atoms with Crippen LogP contribution in [0.5, 0.6) is 0 Å². The molecule has 176 valence electrons. The van der Waals surface area contributed by atoms with Gasteiger partial charge in [0.25, 0.3) is 10.0 Å². The van der Waals surface area contributed by atoms with Gasteiger partial charge in [-0.15, -0.1) is 0 Å². The molecule has 0 amide bonds. The Balaban J connectivity index is 1.91. The molecular formula is C25H17F3N4O2S. The van der Waals surface area contributed by atoms with Gasteiger partial charge in [0.2, 0.25) is 0 Å². The maximum absolute atomic E-state index is 13.2. The van der Waals surface area contributed by atoms with Gasteiger partial charge >= 0.3 is 6.18 Å². The molecule has 2 aromatic heterocycles. The predicted molar refractivity (Wildman–Crippen MR) is 127 cm³/mol. The van der Waals surface area contributed by atoms with Gasteiger partial charge in [-0.25, -0.2) is 4.99 Å². The van der Waals surface area contributed by atoms with Crippen LogP contribution in [0.25, 0.3) is 11.3 Å². The van der Waals surface area contributed by atoms with Crippen LogP contribution in [0.1, 0.15) is 16.7 Å². The summed E-state index contributed by atoms with van der Waals surface area (Å²) in [6.45, 7) is 3.09. The number of pyridine rings is 2. The molecule has 4 rings (SSSR count). The topological polar surface area (TPSA) is 84.6 Å². The number of rotatable bonds is 6. The van der Waals surface area contributed by atoms with E-state index in [9.17, 15) is 21.6 Å². The highest BCUT2D eigenvalue weighted by molar-refractivity contribution is 7.90. The normalized spacial score (nSPS) is 11.6. The van der Waals surface area contributed by atoms with E-state index in [0.29, 0.717) is 11.9 Å². The Morgan fingerprint density at radius 2 is 1.46 bits per heavy atom. The molecule has 0 aliphatic carbocycles. The largest absolute Gasteiger partial charge is 0.417 e. The maximum atomic E-state index is 13.2. The van der Waals surface area contributed by atoms with Crippen molar-refractivity contribution in [3.05, 3.63) is 108 Å². The van der Waals surface area contributed by atoms with Gasteiger partial charge in [0.1, 0.15) is 4.90 Å². The van der Waals surface area contributed by atoms with E-state index in [2.05, 4.69) is 26.1 Å². The van der Waals surface area contributed by atoms with Gasteiger partial charge in [-0.3, -0.25) is 9.97 Å². The van der Waals surface area contributed by atoms with Gasteiger partial charge in [-0.2, -0.15) is 26.0 Å². The second kappa shape index (κ2) is 9.59. The minimum absolute atomic E-state index is 0.135. The number of hydrogen-bond donors (Lipinski definition) is 0. The molecule has 0 unspecified atom stereocenters. The summed E-state index contributed by atoms with van der Waals surface area (Å²) in [5.74, 6) is 0. The van der Waals surface area contributed by atoms with E-state index in [1.807, 2.05) is 60.7 Å². The van der Waals surface area contributed by atoms with Gasteiger partial charge in [-0.1, -0.05) is 60.7 Å². The number of alkyl halides is 3. The highest BCUT2D eigenvalue weighted by Gasteiger charge is 2.32. The molecule has 0 saturated carbocycles. The van der Waals surface area contributed by atoms with Gasteiger partial charge in [0.15, 0.2) is 0 Å². The first-order chi connectivity index (χ1) is 16.7. The summed E-state index contributed by atoms with van der Waals surface area (Å²) in [6, 6.07) is 20.5. The Bertz CT molecular complexity index is 1460. The van der Waals surface area contributed by atoms with Crippen molar-refractivity contribution in [1.29, 1.82) is 0 Å². The summed E-state index contributed by atoms with van der Waals surface area (Å²) in [7, 11) is -4.34. The fourth-order valence-corrected chi connectivity index (χ4v) is 4.14. The first-order valence-electron chi connectivity index (χ1n) is 10.1.